The molecule has 0 saturated carbocycles. The highest BCUT2D eigenvalue weighted by atomic mass is 32.1. The minimum atomic E-state index is -0.147. The fourth-order valence-corrected chi connectivity index (χ4v) is 3.55. The third-order valence-electron chi connectivity index (χ3n) is 4.03. The van der Waals surface area contributed by atoms with E-state index in [2.05, 4.69) is 10.3 Å². The van der Waals surface area contributed by atoms with Crippen LogP contribution in [-0.2, 0) is 4.74 Å². The normalized spacial score (nSPS) is 18.3. The average Bonchev–Trinajstić information content (AvgIpc) is 3.28. The van der Waals surface area contributed by atoms with Gasteiger partial charge in [-0.3, -0.25) is 4.79 Å². The number of rotatable bonds is 6. The largest absolute Gasteiger partial charge is 0.494 e. The van der Waals surface area contributed by atoms with Crippen LogP contribution in [0, 0.1) is 0 Å². The Morgan fingerprint density at radius 2 is 2.25 bits per heavy atom. The second kappa shape index (κ2) is 7.77. The van der Waals surface area contributed by atoms with E-state index in [1.165, 1.54) is 11.3 Å². The Balaban J connectivity index is 1.64. The van der Waals surface area contributed by atoms with E-state index in [-0.39, 0.29) is 18.1 Å². The topological polar surface area (TPSA) is 60.5 Å². The fraction of sp³-hybridized carbons (Fsp3) is 0.444. The molecule has 0 spiro atoms. The van der Waals surface area contributed by atoms with E-state index in [4.69, 9.17) is 9.47 Å². The molecule has 1 fully saturated rings. The van der Waals surface area contributed by atoms with Crippen molar-refractivity contribution in [3.05, 3.63) is 35.3 Å². The number of hydrogen-bond acceptors (Lipinski definition) is 5. The molecule has 6 heteroatoms. The molecular formula is C18H22N2O3S. The maximum atomic E-state index is 12.4. The van der Waals surface area contributed by atoms with Crippen molar-refractivity contribution in [3.63, 3.8) is 0 Å². The second-order valence-electron chi connectivity index (χ2n) is 5.81. The van der Waals surface area contributed by atoms with Crippen LogP contribution in [0.25, 0.3) is 10.6 Å². The predicted octanol–water partition coefficient (Wildman–Crippen LogP) is 3.51. The summed E-state index contributed by atoms with van der Waals surface area (Å²) in [5, 5.41) is 5.61. The van der Waals surface area contributed by atoms with Gasteiger partial charge in [0.1, 0.15) is 16.5 Å². The molecule has 0 radical (unpaired) electrons. The molecule has 0 bridgehead atoms. The van der Waals surface area contributed by atoms with Crippen LogP contribution in [-0.4, -0.2) is 36.3 Å². The summed E-state index contributed by atoms with van der Waals surface area (Å²) in [6.45, 7) is 5.36. The molecule has 2 unspecified atom stereocenters. The van der Waals surface area contributed by atoms with Gasteiger partial charge >= 0.3 is 0 Å². The van der Waals surface area contributed by atoms with Gasteiger partial charge in [-0.1, -0.05) is 0 Å². The number of benzene rings is 1. The van der Waals surface area contributed by atoms with E-state index < -0.39 is 0 Å². The lowest BCUT2D eigenvalue weighted by atomic mass is 10.1. The number of hydrogen-bond donors (Lipinski definition) is 1. The molecule has 1 amide bonds. The van der Waals surface area contributed by atoms with Gasteiger partial charge in [-0.2, -0.15) is 0 Å². The van der Waals surface area contributed by atoms with Crippen molar-refractivity contribution >= 4 is 17.2 Å². The molecule has 1 aliphatic rings. The molecule has 1 N–H and O–H groups in total. The molecule has 2 atom stereocenters. The van der Waals surface area contributed by atoms with Crippen LogP contribution in [0.15, 0.2) is 29.6 Å². The van der Waals surface area contributed by atoms with E-state index in [1.807, 2.05) is 38.1 Å². The number of aromatic nitrogens is 1. The number of carbonyl (C=O) groups excluding carboxylic acids is 1. The van der Waals surface area contributed by atoms with Crippen LogP contribution in [0.5, 0.6) is 5.75 Å². The zero-order valence-electron chi connectivity index (χ0n) is 14.0. The number of nitrogens with one attached hydrogen (secondary N) is 1. The van der Waals surface area contributed by atoms with E-state index >= 15 is 0 Å². The summed E-state index contributed by atoms with van der Waals surface area (Å²) in [4.78, 5) is 16.8. The quantitative estimate of drug-likeness (QED) is 0.869. The maximum Gasteiger partial charge on any atom is 0.271 e. The van der Waals surface area contributed by atoms with Crippen molar-refractivity contribution in [2.75, 3.05) is 13.2 Å². The second-order valence-corrected chi connectivity index (χ2v) is 6.67. The summed E-state index contributed by atoms with van der Waals surface area (Å²) in [6.07, 6.45) is 2.16. The van der Waals surface area contributed by atoms with Gasteiger partial charge in [0.05, 0.1) is 18.8 Å². The van der Waals surface area contributed by atoms with E-state index in [0.717, 1.165) is 35.8 Å². The summed E-state index contributed by atoms with van der Waals surface area (Å²) in [7, 11) is 0. The molecule has 1 aliphatic heterocycles. The van der Waals surface area contributed by atoms with Crippen molar-refractivity contribution in [1.82, 2.24) is 10.3 Å². The molecule has 128 valence electrons. The number of amides is 1. The molecule has 2 aromatic rings. The van der Waals surface area contributed by atoms with E-state index in [9.17, 15) is 4.79 Å². The van der Waals surface area contributed by atoms with Crippen molar-refractivity contribution < 1.29 is 14.3 Å². The smallest absolute Gasteiger partial charge is 0.271 e. The molecule has 1 aromatic heterocycles. The van der Waals surface area contributed by atoms with Crippen LogP contribution in [0.1, 0.15) is 37.2 Å². The van der Waals surface area contributed by atoms with Crippen LogP contribution >= 0.6 is 11.3 Å². The lowest BCUT2D eigenvalue weighted by Crippen LogP contribution is -2.40. The van der Waals surface area contributed by atoms with Crippen LogP contribution < -0.4 is 10.1 Å². The molecule has 3 rings (SSSR count). The third-order valence-corrected chi connectivity index (χ3v) is 4.92. The standard InChI is InChI=1S/C18H22N2O3S/c1-3-22-14-8-6-13(7-9-14)18-20-15(11-24-18)17(21)19-12(2)16-5-4-10-23-16/h6-9,11-12,16H,3-5,10H2,1-2H3,(H,19,21). The van der Waals surface area contributed by atoms with Crippen molar-refractivity contribution in [2.45, 2.75) is 38.8 Å². The van der Waals surface area contributed by atoms with Crippen LogP contribution in [0.2, 0.25) is 0 Å². The van der Waals surface area contributed by atoms with Gasteiger partial charge in [-0.15, -0.1) is 11.3 Å². The van der Waals surface area contributed by atoms with Crippen molar-refractivity contribution in [2.24, 2.45) is 0 Å². The molecule has 5 nitrogen and oxygen atoms in total. The third kappa shape index (κ3) is 3.94. The molecule has 24 heavy (non-hydrogen) atoms. The Bertz CT molecular complexity index is 678. The zero-order chi connectivity index (χ0) is 16.9. The lowest BCUT2D eigenvalue weighted by molar-refractivity contribution is 0.0710. The van der Waals surface area contributed by atoms with Crippen molar-refractivity contribution in [3.8, 4) is 16.3 Å². The first-order valence-electron chi connectivity index (χ1n) is 8.28. The summed E-state index contributed by atoms with van der Waals surface area (Å²) in [5.74, 6) is 0.688. The Kier molecular flexibility index (Phi) is 5.48. The first kappa shape index (κ1) is 16.9. The van der Waals surface area contributed by atoms with Gasteiger partial charge in [0.2, 0.25) is 0 Å². The van der Waals surface area contributed by atoms with E-state index in [1.54, 1.807) is 5.38 Å². The Labute approximate surface area is 146 Å². The van der Waals surface area contributed by atoms with Crippen LogP contribution in [0.4, 0.5) is 0 Å². The minimum absolute atomic E-state index is 0.00405. The molecular weight excluding hydrogens is 324 g/mol. The van der Waals surface area contributed by atoms with Gasteiger partial charge in [0.25, 0.3) is 5.91 Å². The predicted molar refractivity (Wildman–Crippen MR) is 94.6 cm³/mol. The Morgan fingerprint density at radius 3 is 2.92 bits per heavy atom. The first-order chi connectivity index (χ1) is 11.7. The molecule has 2 heterocycles. The lowest BCUT2D eigenvalue weighted by Gasteiger charge is -2.19. The number of nitrogens with zero attached hydrogens (tertiary/aromatic N) is 1. The minimum Gasteiger partial charge on any atom is -0.494 e. The zero-order valence-corrected chi connectivity index (χ0v) is 14.8. The molecule has 0 aliphatic carbocycles. The highest BCUT2D eigenvalue weighted by molar-refractivity contribution is 7.13. The summed E-state index contributed by atoms with van der Waals surface area (Å²) < 4.78 is 11.1. The van der Waals surface area contributed by atoms with Crippen LogP contribution in [0.3, 0.4) is 0 Å². The van der Waals surface area contributed by atoms with Gasteiger partial charge in [-0.05, 0) is 51.0 Å². The maximum absolute atomic E-state index is 12.4. The highest BCUT2D eigenvalue weighted by Gasteiger charge is 2.24. The molecule has 1 aromatic carbocycles. The van der Waals surface area contributed by atoms with E-state index in [0.29, 0.717) is 12.3 Å². The van der Waals surface area contributed by atoms with Gasteiger partial charge < -0.3 is 14.8 Å². The Hall–Kier alpha value is -1.92. The summed E-state index contributed by atoms with van der Waals surface area (Å²) in [6, 6.07) is 7.75. The van der Waals surface area contributed by atoms with Gasteiger partial charge in [0.15, 0.2) is 0 Å². The van der Waals surface area contributed by atoms with Gasteiger partial charge in [0, 0.05) is 17.6 Å². The fourth-order valence-electron chi connectivity index (χ4n) is 2.74. The summed E-state index contributed by atoms with van der Waals surface area (Å²) in [5.41, 5.74) is 1.43. The average molecular weight is 346 g/mol. The number of carbonyl (C=O) groups is 1. The molecule has 1 saturated heterocycles. The summed E-state index contributed by atoms with van der Waals surface area (Å²) >= 11 is 1.47. The first-order valence-corrected chi connectivity index (χ1v) is 9.16. The Morgan fingerprint density at radius 1 is 1.46 bits per heavy atom. The van der Waals surface area contributed by atoms with Gasteiger partial charge in [-0.25, -0.2) is 4.98 Å². The monoisotopic (exact) mass is 346 g/mol. The SMILES string of the molecule is CCOc1ccc(-c2nc(C(=O)NC(C)C3CCCO3)cs2)cc1. The highest BCUT2D eigenvalue weighted by Crippen LogP contribution is 2.26. The van der Waals surface area contributed by atoms with Crippen molar-refractivity contribution in [1.29, 1.82) is 0 Å². The number of ether oxygens (including phenoxy) is 2. The number of thiazole rings is 1.